The van der Waals surface area contributed by atoms with Crippen LogP contribution in [0.2, 0.25) is 0 Å². The summed E-state index contributed by atoms with van der Waals surface area (Å²) in [6.45, 7) is 10.8. The molecule has 84 valence electrons. The lowest BCUT2D eigenvalue weighted by molar-refractivity contribution is 0.406. The Balaban J connectivity index is 2.74. The minimum Gasteiger partial charge on any atom is -0.368 e. The fraction of sp³-hybridized carbons (Fsp3) is 0.667. The predicted molar refractivity (Wildman–Crippen MR) is 63.9 cm³/mol. The van der Waals surface area contributed by atoms with Crippen molar-refractivity contribution < 1.29 is 0 Å². The molecule has 0 radical (unpaired) electrons. The van der Waals surface area contributed by atoms with Gasteiger partial charge in [0.05, 0.1) is 0 Å². The standard InChI is InChI=1S/C12H21N3/c1-9(2)15-11-6-10(13-8-14-11)7-12(3,4)5/h6,8-9H,7H2,1-5H3,(H,13,14,15). The van der Waals surface area contributed by atoms with Gasteiger partial charge in [-0.15, -0.1) is 0 Å². The van der Waals surface area contributed by atoms with E-state index in [0.717, 1.165) is 17.9 Å². The van der Waals surface area contributed by atoms with E-state index in [4.69, 9.17) is 0 Å². The molecule has 0 saturated heterocycles. The summed E-state index contributed by atoms with van der Waals surface area (Å²) in [6.07, 6.45) is 2.61. The largest absolute Gasteiger partial charge is 0.368 e. The predicted octanol–water partition coefficient (Wildman–Crippen LogP) is 2.89. The molecule has 15 heavy (non-hydrogen) atoms. The van der Waals surface area contributed by atoms with Crippen molar-refractivity contribution >= 4 is 5.82 Å². The molecule has 1 aromatic heterocycles. The second-order valence-corrected chi connectivity index (χ2v) is 5.43. The van der Waals surface area contributed by atoms with Gasteiger partial charge in [-0.3, -0.25) is 0 Å². The van der Waals surface area contributed by atoms with Gasteiger partial charge < -0.3 is 5.32 Å². The molecule has 0 amide bonds. The minimum atomic E-state index is 0.267. The van der Waals surface area contributed by atoms with Gasteiger partial charge in [0.15, 0.2) is 0 Å². The zero-order chi connectivity index (χ0) is 11.5. The second kappa shape index (κ2) is 4.60. The third kappa shape index (κ3) is 4.77. The molecule has 0 spiro atoms. The lowest BCUT2D eigenvalue weighted by Gasteiger charge is -2.17. The number of nitrogens with zero attached hydrogens (tertiary/aromatic N) is 2. The maximum Gasteiger partial charge on any atom is 0.129 e. The molecule has 0 aliphatic heterocycles. The van der Waals surface area contributed by atoms with Crippen molar-refractivity contribution in [2.24, 2.45) is 5.41 Å². The van der Waals surface area contributed by atoms with E-state index in [1.54, 1.807) is 6.33 Å². The first-order valence-electron chi connectivity index (χ1n) is 5.44. The first kappa shape index (κ1) is 12.0. The van der Waals surface area contributed by atoms with E-state index in [1.165, 1.54) is 0 Å². The normalized spacial score (nSPS) is 11.9. The molecule has 0 atom stereocenters. The van der Waals surface area contributed by atoms with Crippen molar-refractivity contribution in [1.29, 1.82) is 0 Å². The summed E-state index contributed by atoms with van der Waals surface area (Å²) in [5.41, 5.74) is 1.37. The first-order valence-corrected chi connectivity index (χ1v) is 5.44. The summed E-state index contributed by atoms with van der Waals surface area (Å²) in [4.78, 5) is 8.47. The van der Waals surface area contributed by atoms with Gasteiger partial charge in [-0.05, 0) is 25.7 Å². The summed E-state index contributed by atoms with van der Waals surface area (Å²) in [6, 6.07) is 2.44. The molecule has 0 aromatic carbocycles. The summed E-state index contributed by atoms with van der Waals surface area (Å²) < 4.78 is 0. The average molecular weight is 207 g/mol. The van der Waals surface area contributed by atoms with Gasteiger partial charge in [0, 0.05) is 17.8 Å². The summed E-state index contributed by atoms with van der Waals surface area (Å²) in [5.74, 6) is 0.916. The summed E-state index contributed by atoms with van der Waals surface area (Å²) in [7, 11) is 0. The molecule has 0 unspecified atom stereocenters. The Morgan fingerprint density at radius 1 is 1.27 bits per heavy atom. The van der Waals surface area contributed by atoms with Crippen LogP contribution >= 0.6 is 0 Å². The topological polar surface area (TPSA) is 37.8 Å². The third-order valence-electron chi connectivity index (χ3n) is 1.87. The molecular weight excluding hydrogens is 186 g/mol. The highest BCUT2D eigenvalue weighted by Gasteiger charge is 2.12. The molecule has 3 nitrogen and oxygen atoms in total. The molecule has 1 aromatic rings. The SMILES string of the molecule is CC(C)Nc1cc(CC(C)(C)C)ncn1. The molecule has 0 bridgehead atoms. The Labute approximate surface area is 92.3 Å². The van der Waals surface area contributed by atoms with Gasteiger partial charge in [-0.1, -0.05) is 20.8 Å². The van der Waals surface area contributed by atoms with Crippen LogP contribution < -0.4 is 5.32 Å². The number of hydrogen-bond acceptors (Lipinski definition) is 3. The zero-order valence-corrected chi connectivity index (χ0v) is 10.3. The molecule has 3 heteroatoms. The number of rotatable bonds is 3. The van der Waals surface area contributed by atoms with Crippen LogP contribution in [0.3, 0.4) is 0 Å². The highest BCUT2D eigenvalue weighted by molar-refractivity contribution is 5.35. The molecule has 1 heterocycles. The van der Waals surface area contributed by atoms with Crippen molar-refractivity contribution in [3.63, 3.8) is 0 Å². The van der Waals surface area contributed by atoms with Crippen LogP contribution in [0, 0.1) is 5.41 Å². The summed E-state index contributed by atoms with van der Waals surface area (Å²) >= 11 is 0. The van der Waals surface area contributed by atoms with E-state index in [2.05, 4.69) is 49.9 Å². The monoisotopic (exact) mass is 207 g/mol. The van der Waals surface area contributed by atoms with E-state index in [-0.39, 0.29) is 5.41 Å². The maximum absolute atomic E-state index is 4.28. The quantitative estimate of drug-likeness (QED) is 0.828. The number of anilines is 1. The van der Waals surface area contributed by atoms with Crippen LogP contribution in [-0.2, 0) is 6.42 Å². The van der Waals surface area contributed by atoms with Crippen molar-refractivity contribution in [1.82, 2.24) is 9.97 Å². The smallest absolute Gasteiger partial charge is 0.129 e. The van der Waals surface area contributed by atoms with Gasteiger partial charge in [0.25, 0.3) is 0 Å². The minimum absolute atomic E-state index is 0.267. The van der Waals surface area contributed by atoms with E-state index >= 15 is 0 Å². The van der Waals surface area contributed by atoms with Crippen LogP contribution in [0.5, 0.6) is 0 Å². The molecule has 1 N–H and O–H groups in total. The number of hydrogen-bond donors (Lipinski definition) is 1. The Bertz CT molecular complexity index is 313. The fourth-order valence-electron chi connectivity index (χ4n) is 1.41. The second-order valence-electron chi connectivity index (χ2n) is 5.43. The first-order chi connectivity index (χ1) is 6.87. The van der Waals surface area contributed by atoms with E-state index in [9.17, 15) is 0 Å². The Morgan fingerprint density at radius 3 is 2.47 bits per heavy atom. The van der Waals surface area contributed by atoms with Crippen LogP contribution in [0.25, 0.3) is 0 Å². The summed E-state index contributed by atoms with van der Waals surface area (Å²) in [5, 5.41) is 3.28. The van der Waals surface area contributed by atoms with E-state index in [0.29, 0.717) is 6.04 Å². The van der Waals surface area contributed by atoms with Gasteiger partial charge in [0.2, 0.25) is 0 Å². The molecule has 0 aliphatic carbocycles. The van der Waals surface area contributed by atoms with Crippen LogP contribution in [0.1, 0.15) is 40.3 Å². The third-order valence-corrected chi connectivity index (χ3v) is 1.87. The average Bonchev–Trinajstić information content (AvgIpc) is 1.99. The lowest BCUT2D eigenvalue weighted by atomic mass is 9.90. The van der Waals surface area contributed by atoms with E-state index < -0.39 is 0 Å². The number of nitrogens with one attached hydrogen (secondary N) is 1. The fourth-order valence-corrected chi connectivity index (χ4v) is 1.41. The molecular formula is C12H21N3. The highest BCUT2D eigenvalue weighted by atomic mass is 15.0. The lowest BCUT2D eigenvalue weighted by Crippen LogP contribution is -2.14. The molecule has 0 aliphatic rings. The van der Waals surface area contributed by atoms with Gasteiger partial charge in [-0.2, -0.15) is 0 Å². The molecule has 0 saturated carbocycles. The maximum atomic E-state index is 4.28. The van der Waals surface area contributed by atoms with Crippen molar-refractivity contribution in [3.05, 3.63) is 18.1 Å². The van der Waals surface area contributed by atoms with Crippen molar-refractivity contribution in [3.8, 4) is 0 Å². The van der Waals surface area contributed by atoms with Crippen LogP contribution in [0.15, 0.2) is 12.4 Å². The molecule has 0 fully saturated rings. The van der Waals surface area contributed by atoms with Crippen molar-refractivity contribution in [2.45, 2.75) is 47.1 Å². The van der Waals surface area contributed by atoms with Crippen LogP contribution in [0.4, 0.5) is 5.82 Å². The van der Waals surface area contributed by atoms with Crippen LogP contribution in [-0.4, -0.2) is 16.0 Å². The zero-order valence-electron chi connectivity index (χ0n) is 10.3. The van der Waals surface area contributed by atoms with E-state index in [1.807, 2.05) is 6.07 Å². The Hall–Kier alpha value is -1.12. The van der Waals surface area contributed by atoms with Gasteiger partial charge >= 0.3 is 0 Å². The Morgan fingerprint density at radius 2 is 1.93 bits per heavy atom. The Kier molecular flexibility index (Phi) is 3.66. The highest BCUT2D eigenvalue weighted by Crippen LogP contribution is 2.20. The van der Waals surface area contributed by atoms with Gasteiger partial charge in [-0.25, -0.2) is 9.97 Å². The van der Waals surface area contributed by atoms with Crippen molar-refractivity contribution in [2.75, 3.05) is 5.32 Å². The number of aromatic nitrogens is 2. The van der Waals surface area contributed by atoms with Gasteiger partial charge in [0.1, 0.15) is 12.1 Å². The molecule has 1 rings (SSSR count).